The molecule has 21 heavy (non-hydrogen) atoms. The summed E-state index contributed by atoms with van der Waals surface area (Å²) in [6.45, 7) is 0.0366. The number of para-hydroxylation sites is 1. The molecule has 0 aromatic heterocycles. The van der Waals surface area contributed by atoms with Crippen LogP contribution in [-0.2, 0) is 11.3 Å². The van der Waals surface area contributed by atoms with Crippen LogP contribution in [0.4, 0.5) is 5.69 Å². The summed E-state index contributed by atoms with van der Waals surface area (Å²) in [7, 11) is 1.47. The average molecular weight is 287 g/mol. The van der Waals surface area contributed by atoms with Crippen LogP contribution in [0.25, 0.3) is 0 Å². The highest BCUT2D eigenvalue weighted by Crippen LogP contribution is 2.19. The topological polar surface area (TPSA) is 78.7 Å². The highest BCUT2D eigenvalue weighted by Gasteiger charge is 2.13. The summed E-state index contributed by atoms with van der Waals surface area (Å²) in [5.41, 5.74) is 1.00. The van der Waals surface area contributed by atoms with Gasteiger partial charge in [-0.05, 0) is 29.8 Å². The summed E-state index contributed by atoms with van der Waals surface area (Å²) in [6.07, 6.45) is 0. The van der Waals surface area contributed by atoms with E-state index in [1.54, 1.807) is 36.4 Å². The van der Waals surface area contributed by atoms with Crippen LogP contribution in [0.15, 0.2) is 48.5 Å². The van der Waals surface area contributed by atoms with Crippen LogP contribution in [-0.4, -0.2) is 18.0 Å². The first-order chi connectivity index (χ1) is 10.1. The average Bonchev–Trinajstić information content (AvgIpc) is 2.52. The molecule has 0 heterocycles. The number of nitro groups is 1. The lowest BCUT2D eigenvalue weighted by atomic mass is 10.2. The fourth-order valence-electron chi connectivity index (χ4n) is 1.75. The van der Waals surface area contributed by atoms with Crippen molar-refractivity contribution in [3.05, 3.63) is 69.8 Å². The number of hydrogen-bond donors (Lipinski definition) is 0. The molecule has 0 radical (unpaired) electrons. The van der Waals surface area contributed by atoms with Gasteiger partial charge in [0.2, 0.25) is 0 Å². The molecule has 2 aromatic rings. The zero-order chi connectivity index (χ0) is 15.2. The van der Waals surface area contributed by atoms with Crippen LogP contribution in [0.1, 0.15) is 15.9 Å². The molecule has 0 atom stereocenters. The molecular weight excluding hydrogens is 274 g/mol. The molecular formula is C15H13NO5. The zero-order valence-electron chi connectivity index (χ0n) is 11.3. The van der Waals surface area contributed by atoms with Gasteiger partial charge in [0.15, 0.2) is 0 Å². The lowest BCUT2D eigenvalue weighted by Crippen LogP contribution is -2.07. The second kappa shape index (κ2) is 6.51. The molecule has 0 bridgehead atoms. The predicted octanol–water partition coefficient (Wildman–Crippen LogP) is 2.96. The summed E-state index contributed by atoms with van der Waals surface area (Å²) >= 11 is 0. The summed E-state index contributed by atoms with van der Waals surface area (Å²) in [5.74, 6) is -0.0722. The summed E-state index contributed by atoms with van der Waals surface area (Å²) in [6, 6.07) is 12.6. The van der Waals surface area contributed by atoms with Gasteiger partial charge in [-0.1, -0.05) is 12.1 Å². The van der Waals surface area contributed by atoms with Crippen molar-refractivity contribution in [1.82, 2.24) is 0 Å². The van der Waals surface area contributed by atoms with Gasteiger partial charge in [-0.2, -0.15) is 0 Å². The molecule has 0 aliphatic carbocycles. The number of ether oxygens (including phenoxy) is 2. The molecule has 6 nitrogen and oxygen atoms in total. The predicted molar refractivity (Wildman–Crippen MR) is 75.2 cm³/mol. The van der Waals surface area contributed by atoms with Gasteiger partial charge in [-0.3, -0.25) is 10.1 Å². The number of benzene rings is 2. The minimum absolute atomic E-state index is 0.00481. The third-order valence-corrected chi connectivity index (χ3v) is 2.84. The molecule has 0 N–H and O–H groups in total. The SMILES string of the molecule is COc1ccccc1C(=O)OCc1ccc([N+](=O)[O-])cc1. The minimum Gasteiger partial charge on any atom is -0.496 e. The van der Waals surface area contributed by atoms with Gasteiger partial charge in [0.1, 0.15) is 17.9 Å². The Hall–Kier alpha value is -2.89. The second-order valence-electron chi connectivity index (χ2n) is 4.20. The van der Waals surface area contributed by atoms with E-state index in [4.69, 9.17) is 9.47 Å². The molecule has 2 aromatic carbocycles. The van der Waals surface area contributed by atoms with Gasteiger partial charge < -0.3 is 9.47 Å². The van der Waals surface area contributed by atoms with Crippen molar-refractivity contribution in [3.8, 4) is 5.75 Å². The normalized spacial score (nSPS) is 9.95. The number of nitrogens with zero attached hydrogens (tertiary/aromatic N) is 1. The summed E-state index contributed by atoms with van der Waals surface area (Å²) in [4.78, 5) is 22.0. The van der Waals surface area contributed by atoms with Gasteiger partial charge in [0, 0.05) is 12.1 Å². The maximum Gasteiger partial charge on any atom is 0.342 e. The molecule has 0 amide bonds. The largest absolute Gasteiger partial charge is 0.496 e. The van der Waals surface area contributed by atoms with Crippen molar-refractivity contribution in [1.29, 1.82) is 0 Å². The van der Waals surface area contributed by atoms with Gasteiger partial charge >= 0.3 is 5.97 Å². The van der Waals surface area contributed by atoms with Crippen LogP contribution < -0.4 is 4.74 Å². The smallest absolute Gasteiger partial charge is 0.342 e. The molecule has 6 heteroatoms. The highest BCUT2D eigenvalue weighted by atomic mass is 16.6. The number of methoxy groups -OCH3 is 1. The molecule has 2 rings (SSSR count). The Balaban J connectivity index is 2.02. The minimum atomic E-state index is -0.509. The van der Waals surface area contributed by atoms with E-state index in [9.17, 15) is 14.9 Å². The Kier molecular flexibility index (Phi) is 4.50. The number of non-ortho nitro benzene ring substituents is 1. The molecule has 0 aliphatic heterocycles. The lowest BCUT2D eigenvalue weighted by molar-refractivity contribution is -0.384. The van der Waals surface area contributed by atoms with Crippen LogP contribution in [0.3, 0.4) is 0 Å². The van der Waals surface area contributed by atoms with Crippen LogP contribution in [0, 0.1) is 10.1 Å². The first-order valence-corrected chi connectivity index (χ1v) is 6.15. The van der Waals surface area contributed by atoms with Gasteiger partial charge in [0.25, 0.3) is 5.69 Å². The maximum atomic E-state index is 12.0. The van der Waals surface area contributed by atoms with E-state index in [1.165, 1.54) is 19.2 Å². The first kappa shape index (κ1) is 14.5. The molecule has 0 aliphatic rings. The summed E-state index contributed by atoms with van der Waals surface area (Å²) < 4.78 is 10.3. The van der Waals surface area contributed by atoms with Gasteiger partial charge in [-0.25, -0.2) is 4.79 Å². The monoisotopic (exact) mass is 287 g/mol. The molecule has 0 spiro atoms. The van der Waals surface area contributed by atoms with Crippen LogP contribution in [0.5, 0.6) is 5.75 Å². The maximum absolute atomic E-state index is 12.0. The van der Waals surface area contributed by atoms with Crippen molar-refractivity contribution >= 4 is 11.7 Å². The van der Waals surface area contributed by atoms with E-state index in [2.05, 4.69) is 0 Å². The number of rotatable bonds is 5. The Labute approximate surface area is 121 Å². The summed E-state index contributed by atoms with van der Waals surface area (Å²) in [5, 5.41) is 10.5. The second-order valence-corrected chi connectivity index (χ2v) is 4.20. The fourth-order valence-corrected chi connectivity index (χ4v) is 1.75. The Morgan fingerprint density at radius 3 is 2.43 bits per heavy atom. The van der Waals surface area contributed by atoms with Crippen LogP contribution in [0.2, 0.25) is 0 Å². The Bertz CT molecular complexity index is 651. The van der Waals surface area contributed by atoms with E-state index >= 15 is 0 Å². The van der Waals surface area contributed by atoms with E-state index in [-0.39, 0.29) is 12.3 Å². The van der Waals surface area contributed by atoms with E-state index in [1.807, 2.05) is 0 Å². The third kappa shape index (κ3) is 3.56. The van der Waals surface area contributed by atoms with E-state index < -0.39 is 10.9 Å². The molecule has 0 saturated heterocycles. The number of nitro benzene ring substituents is 1. The number of carbonyl (C=O) groups is 1. The van der Waals surface area contributed by atoms with Gasteiger partial charge in [0.05, 0.1) is 12.0 Å². The van der Waals surface area contributed by atoms with Crippen molar-refractivity contribution in [3.63, 3.8) is 0 Å². The van der Waals surface area contributed by atoms with Gasteiger partial charge in [-0.15, -0.1) is 0 Å². The zero-order valence-corrected chi connectivity index (χ0v) is 11.3. The van der Waals surface area contributed by atoms with Crippen molar-refractivity contribution < 1.29 is 19.2 Å². The van der Waals surface area contributed by atoms with E-state index in [0.717, 1.165) is 0 Å². The molecule has 108 valence electrons. The van der Waals surface area contributed by atoms with Crippen molar-refractivity contribution in [2.45, 2.75) is 6.61 Å². The highest BCUT2D eigenvalue weighted by molar-refractivity contribution is 5.92. The van der Waals surface area contributed by atoms with Crippen LogP contribution >= 0.6 is 0 Å². The quantitative estimate of drug-likeness (QED) is 0.480. The molecule has 0 unspecified atom stereocenters. The Morgan fingerprint density at radius 2 is 1.81 bits per heavy atom. The number of hydrogen-bond acceptors (Lipinski definition) is 5. The standard InChI is InChI=1S/C15H13NO5/c1-20-14-5-3-2-4-13(14)15(17)21-10-11-6-8-12(9-7-11)16(18)19/h2-9H,10H2,1H3. The first-order valence-electron chi connectivity index (χ1n) is 6.15. The van der Waals surface area contributed by atoms with Crippen molar-refractivity contribution in [2.75, 3.05) is 7.11 Å². The number of carbonyl (C=O) groups excluding carboxylic acids is 1. The third-order valence-electron chi connectivity index (χ3n) is 2.84. The van der Waals surface area contributed by atoms with Crippen molar-refractivity contribution in [2.24, 2.45) is 0 Å². The lowest BCUT2D eigenvalue weighted by Gasteiger charge is -2.08. The molecule has 0 fully saturated rings. The molecule has 0 saturated carbocycles. The van der Waals surface area contributed by atoms with E-state index in [0.29, 0.717) is 16.9 Å². The number of esters is 1. The Morgan fingerprint density at radius 1 is 1.14 bits per heavy atom. The fraction of sp³-hybridized carbons (Fsp3) is 0.133.